The Balaban J connectivity index is 3.80. The predicted octanol–water partition coefficient (Wildman–Crippen LogP) is 13.2. The van der Waals surface area contributed by atoms with Crippen molar-refractivity contribution in [3.05, 3.63) is 12.2 Å². The van der Waals surface area contributed by atoms with Crippen molar-refractivity contribution in [3.8, 4) is 0 Å². The summed E-state index contributed by atoms with van der Waals surface area (Å²) >= 11 is 0. The average molecular weight is 744 g/mol. The van der Waals surface area contributed by atoms with E-state index in [1.54, 1.807) is 0 Å². The third-order valence-electron chi connectivity index (χ3n) is 10.3. The minimum absolute atomic E-state index is 0.192. The van der Waals surface area contributed by atoms with Crippen LogP contribution in [0.1, 0.15) is 239 Å². The maximum Gasteiger partial charge on any atom is 0.469 e. The van der Waals surface area contributed by atoms with Gasteiger partial charge in [-0.15, -0.1) is 0 Å². The SMILES string of the molecule is CCCCCCCC/C=C\CCCCCCCCCCCCCCCC(=O)N[C@@H](COP(=O)(O)O)[C@H](O)CCCCCCCCCCCCCC. The molecule has 4 N–H and O–H groups in total. The molecule has 0 aromatic carbocycles. The molecule has 0 bridgehead atoms. The Morgan fingerprint density at radius 1 is 0.549 bits per heavy atom. The molecule has 0 radical (unpaired) electrons. The van der Waals surface area contributed by atoms with Gasteiger partial charge in [0.25, 0.3) is 0 Å². The van der Waals surface area contributed by atoms with Gasteiger partial charge < -0.3 is 20.2 Å². The van der Waals surface area contributed by atoms with E-state index in [0.717, 1.165) is 38.5 Å². The summed E-state index contributed by atoms with van der Waals surface area (Å²) in [6.45, 7) is 4.12. The number of carbonyl (C=O) groups excluding carboxylic acids is 1. The molecule has 0 spiro atoms. The van der Waals surface area contributed by atoms with Crippen molar-refractivity contribution in [3.63, 3.8) is 0 Å². The lowest BCUT2D eigenvalue weighted by atomic mass is 10.0. The number of phosphoric acid groups is 1. The van der Waals surface area contributed by atoms with Crippen LogP contribution in [0.15, 0.2) is 12.2 Å². The molecule has 0 aromatic heterocycles. The van der Waals surface area contributed by atoms with Crippen molar-refractivity contribution < 1.29 is 28.8 Å². The van der Waals surface area contributed by atoms with E-state index in [1.165, 1.54) is 173 Å². The third-order valence-corrected chi connectivity index (χ3v) is 10.7. The second-order valence-corrected chi connectivity index (χ2v) is 16.6. The fourth-order valence-corrected chi connectivity index (χ4v) is 7.23. The van der Waals surface area contributed by atoms with Crippen LogP contribution in [0.2, 0.25) is 0 Å². The molecule has 0 heterocycles. The summed E-state index contributed by atoms with van der Waals surface area (Å²) in [6.07, 6.45) is 46.3. The summed E-state index contributed by atoms with van der Waals surface area (Å²) in [7, 11) is -4.69. The monoisotopic (exact) mass is 744 g/mol. The molecule has 8 heteroatoms. The topological polar surface area (TPSA) is 116 Å². The smallest absolute Gasteiger partial charge is 0.391 e. The second-order valence-electron chi connectivity index (χ2n) is 15.4. The zero-order valence-corrected chi connectivity index (χ0v) is 34.7. The van der Waals surface area contributed by atoms with E-state index < -0.39 is 26.6 Å². The van der Waals surface area contributed by atoms with E-state index in [-0.39, 0.29) is 5.91 Å². The largest absolute Gasteiger partial charge is 0.469 e. The summed E-state index contributed by atoms with van der Waals surface area (Å²) in [4.78, 5) is 30.9. The fourth-order valence-electron chi connectivity index (χ4n) is 6.87. The highest BCUT2D eigenvalue weighted by atomic mass is 31.2. The molecule has 304 valence electrons. The molecule has 0 aromatic rings. The maximum atomic E-state index is 12.6. The molecule has 0 saturated carbocycles. The molecule has 0 saturated heterocycles. The molecule has 7 nitrogen and oxygen atoms in total. The first-order chi connectivity index (χ1) is 24.8. The number of aliphatic hydroxyl groups excluding tert-OH is 1. The number of aliphatic hydroxyl groups is 1. The normalized spacial score (nSPS) is 13.3. The number of amides is 1. The molecule has 0 aliphatic carbocycles. The van der Waals surface area contributed by atoms with Crippen molar-refractivity contribution in [2.24, 2.45) is 0 Å². The van der Waals surface area contributed by atoms with Gasteiger partial charge >= 0.3 is 7.82 Å². The van der Waals surface area contributed by atoms with Crippen molar-refractivity contribution in [1.82, 2.24) is 5.32 Å². The fraction of sp³-hybridized carbons (Fsp3) is 0.930. The van der Waals surface area contributed by atoms with Gasteiger partial charge in [0, 0.05) is 6.42 Å². The van der Waals surface area contributed by atoms with Gasteiger partial charge in [0.2, 0.25) is 5.91 Å². The van der Waals surface area contributed by atoms with Gasteiger partial charge in [0.15, 0.2) is 0 Å². The van der Waals surface area contributed by atoms with Crippen LogP contribution < -0.4 is 5.32 Å². The molecule has 1 amide bonds. The molecule has 0 fully saturated rings. The van der Waals surface area contributed by atoms with Crippen molar-refractivity contribution in [2.75, 3.05) is 6.61 Å². The Morgan fingerprint density at radius 3 is 1.25 bits per heavy atom. The molecule has 0 rings (SSSR count). The lowest BCUT2D eigenvalue weighted by Crippen LogP contribution is -2.46. The average Bonchev–Trinajstić information content (AvgIpc) is 3.10. The van der Waals surface area contributed by atoms with E-state index in [2.05, 4.69) is 35.8 Å². The lowest BCUT2D eigenvalue weighted by molar-refractivity contribution is -0.123. The van der Waals surface area contributed by atoms with Gasteiger partial charge in [-0.25, -0.2) is 4.57 Å². The maximum absolute atomic E-state index is 12.6. The van der Waals surface area contributed by atoms with Gasteiger partial charge in [-0.1, -0.05) is 206 Å². The van der Waals surface area contributed by atoms with E-state index in [4.69, 9.17) is 9.79 Å². The van der Waals surface area contributed by atoms with Crippen LogP contribution in [0.25, 0.3) is 0 Å². The van der Waals surface area contributed by atoms with E-state index >= 15 is 0 Å². The predicted molar refractivity (Wildman–Crippen MR) is 218 cm³/mol. The van der Waals surface area contributed by atoms with Crippen LogP contribution in [-0.2, 0) is 13.9 Å². The summed E-state index contributed by atoms with van der Waals surface area (Å²) in [6, 6.07) is -0.820. The van der Waals surface area contributed by atoms with Gasteiger partial charge in [0.05, 0.1) is 18.8 Å². The van der Waals surface area contributed by atoms with Crippen LogP contribution in [0.3, 0.4) is 0 Å². The second kappa shape index (κ2) is 39.0. The summed E-state index contributed by atoms with van der Waals surface area (Å²) in [5.41, 5.74) is 0. The zero-order valence-electron chi connectivity index (χ0n) is 33.8. The van der Waals surface area contributed by atoms with Crippen molar-refractivity contribution in [1.29, 1.82) is 0 Å². The number of allylic oxidation sites excluding steroid dienone is 2. The van der Waals surface area contributed by atoms with Crippen LogP contribution >= 0.6 is 7.82 Å². The molecular formula is C43H86NO6P. The molecule has 2 atom stereocenters. The molecule has 0 aliphatic heterocycles. The summed E-state index contributed by atoms with van der Waals surface area (Å²) in [5.74, 6) is -0.192. The number of phosphoric ester groups is 1. The Kier molecular flexibility index (Phi) is 38.4. The standard InChI is InChI=1S/C43H86NO6P/c1-3-5-7-9-11-13-15-17-18-19-20-21-22-23-24-25-26-27-29-31-33-35-37-39-43(46)44-41(40-50-51(47,48)49)42(45)38-36-34-32-30-28-16-14-12-10-8-6-4-2/h17-18,41-42,45H,3-16,19-40H2,1-2H3,(H,44,46)(H2,47,48,49)/b18-17-/t41-,42+/m0/s1. The van der Waals surface area contributed by atoms with Crippen LogP contribution in [-0.4, -0.2) is 39.6 Å². The van der Waals surface area contributed by atoms with Gasteiger partial charge in [0.1, 0.15) is 0 Å². The Bertz CT molecular complexity index is 803. The van der Waals surface area contributed by atoms with Crippen molar-refractivity contribution >= 4 is 13.7 Å². The summed E-state index contributed by atoms with van der Waals surface area (Å²) < 4.78 is 15.9. The first-order valence-corrected chi connectivity index (χ1v) is 23.7. The number of rotatable bonds is 41. The van der Waals surface area contributed by atoms with E-state index in [0.29, 0.717) is 12.8 Å². The number of hydrogen-bond donors (Lipinski definition) is 4. The van der Waals surface area contributed by atoms with E-state index in [9.17, 15) is 14.5 Å². The van der Waals surface area contributed by atoms with Crippen molar-refractivity contribution in [2.45, 2.75) is 251 Å². The van der Waals surface area contributed by atoms with Crippen LogP contribution in [0.5, 0.6) is 0 Å². The zero-order chi connectivity index (χ0) is 37.5. The van der Waals surface area contributed by atoms with Gasteiger partial charge in [-0.05, 0) is 38.5 Å². The quantitative estimate of drug-likeness (QED) is 0.0281. The number of unbranched alkanes of at least 4 members (excludes halogenated alkanes) is 30. The Hall–Kier alpha value is -0.720. The van der Waals surface area contributed by atoms with E-state index in [1.807, 2.05) is 0 Å². The van der Waals surface area contributed by atoms with Gasteiger partial charge in [-0.2, -0.15) is 0 Å². The minimum atomic E-state index is -4.69. The molecule has 0 aliphatic rings. The number of hydrogen-bond acceptors (Lipinski definition) is 4. The molecular weight excluding hydrogens is 657 g/mol. The van der Waals surface area contributed by atoms with Crippen LogP contribution in [0.4, 0.5) is 0 Å². The first kappa shape index (κ1) is 50.3. The van der Waals surface area contributed by atoms with Gasteiger partial charge in [-0.3, -0.25) is 9.32 Å². The first-order valence-electron chi connectivity index (χ1n) is 22.1. The highest BCUT2D eigenvalue weighted by Crippen LogP contribution is 2.36. The molecule has 51 heavy (non-hydrogen) atoms. The highest BCUT2D eigenvalue weighted by Gasteiger charge is 2.25. The lowest BCUT2D eigenvalue weighted by Gasteiger charge is -2.24. The Morgan fingerprint density at radius 2 is 0.882 bits per heavy atom. The number of carbonyl (C=O) groups is 1. The molecule has 0 unspecified atom stereocenters. The van der Waals surface area contributed by atoms with Crippen LogP contribution in [0, 0.1) is 0 Å². The third kappa shape index (κ3) is 40.3. The Labute approximate surface area is 316 Å². The summed E-state index contributed by atoms with van der Waals surface area (Å²) in [5, 5.41) is 13.5. The number of nitrogens with one attached hydrogen (secondary N) is 1. The minimum Gasteiger partial charge on any atom is -0.391 e. The highest BCUT2D eigenvalue weighted by molar-refractivity contribution is 7.46.